The molecule has 8 nitrogen and oxygen atoms in total. The van der Waals surface area contributed by atoms with Crippen molar-refractivity contribution in [3.05, 3.63) is 30.2 Å². The number of hydrogen-bond acceptors (Lipinski definition) is 6. The molecule has 2 aromatic heterocycles. The molecule has 2 saturated carbocycles. The zero-order valence-corrected chi connectivity index (χ0v) is 18.2. The first-order valence-electron chi connectivity index (χ1n) is 11.1. The molecule has 1 aliphatic heterocycles. The highest BCUT2D eigenvalue weighted by Gasteiger charge is 2.63. The van der Waals surface area contributed by atoms with Gasteiger partial charge >= 0.3 is 6.18 Å². The summed E-state index contributed by atoms with van der Waals surface area (Å²) in [5, 5.41) is 4.15. The number of likely N-dealkylation sites (tertiary alicyclic amines) is 1. The van der Waals surface area contributed by atoms with Gasteiger partial charge in [0.2, 0.25) is 0 Å². The number of aromatic nitrogens is 5. The van der Waals surface area contributed by atoms with E-state index < -0.39 is 29.7 Å². The molecule has 12 heteroatoms. The van der Waals surface area contributed by atoms with E-state index in [0.717, 1.165) is 12.8 Å². The lowest BCUT2D eigenvalue weighted by Gasteiger charge is -2.42. The van der Waals surface area contributed by atoms with Crippen molar-refractivity contribution < 1.29 is 22.4 Å². The summed E-state index contributed by atoms with van der Waals surface area (Å²) in [5.41, 5.74) is -1.59. The number of amides is 1. The molecule has 0 bridgehead atoms. The second-order valence-electron chi connectivity index (χ2n) is 9.33. The standard InChI is InChI=1S/C21H25F4N7O/c1-13-28-12-31(29-13)18-9-26-16(8-27-18)19(33)32(14-2-3-14)17-4-7-30(10-15(17)22)11-20(5-6-20)21(23,24)25/h8-9,12,14-15,17H,2-7,10-11H2,1H3. The van der Waals surface area contributed by atoms with Gasteiger partial charge in [-0.2, -0.15) is 18.3 Å². The van der Waals surface area contributed by atoms with Gasteiger partial charge in [-0.1, -0.05) is 0 Å². The van der Waals surface area contributed by atoms with Gasteiger partial charge in [0.15, 0.2) is 5.82 Å². The monoisotopic (exact) mass is 467 g/mol. The van der Waals surface area contributed by atoms with Gasteiger partial charge in [-0.25, -0.2) is 24.0 Å². The van der Waals surface area contributed by atoms with E-state index in [9.17, 15) is 18.0 Å². The molecule has 3 aliphatic rings. The first-order chi connectivity index (χ1) is 15.7. The second kappa shape index (κ2) is 8.00. The van der Waals surface area contributed by atoms with E-state index in [2.05, 4.69) is 20.1 Å². The average molecular weight is 467 g/mol. The Bertz CT molecular complexity index is 1020. The summed E-state index contributed by atoms with van der Waals surface area (Å²) < 4.78 is 56.6. The van der Waals surface area contributed by atoms with Gasteiger partial charge in [-0.15, -0.1) is 0 Å². The quantitative estimate of drug-likeness (QED) is 0.608. The van der Waals surface area contributed by atoms with Crippen LogP contribution in [0.3, 0.4) is 0 Å². The summed E-state index contributed by atoms with van der Waals surface area (Å²) in [7, 11) is 0. The van der Waals surface area contributed by atoms with Crippen molar-refractivity contribution in [2.45, 2.75) is 63.5 Å². The number of piperidine rings is 1. The number of halogens is 4. The van der Waals surface area contributed by atoms with Crippen molar-refractivity contribution in [1.29, 1.82) is 0 Å². The van der Waals surface area contributed by atoms with Crippen LogP contribution in [0.1, 0.15) is 48.4 Å². The van der Waals surface area contributed by atoms with Crippen molar-refractivity contribution in [2.75, 3.05) is 19.6 Å². The fraction of sp³-hybridized carbons (Fsp3) is 0.667. The third-order valence-electron chi connectivity index (χ3n) is 6.80. The molecule has 0 aromatic carbocycles. The molecule has 1 saturated heterocycles. The molecule has 0 radical (unpaired) electrons. The lowest BCUT2D eigenvalue weighted by atomic mass is 9.97. The number of carbonyl (C=O) groups excluding carboxylic acids is 1. The molecular weight excluding hydrogens is 442 g/mol. The minimum atomic E-state index is -4.26. The Kier molecular flexibility index (Phi) is 5.37. The smallest absolute Gasteiger partial charge is 0.328 e. The van der Waals surface area contributed by atoms with E-state index in [1.807, 2.05) is 0 Å². The maximum atomic E-state index is 15.2. The number of nitrogens with zero attached hydrogens (tertiary/aromatic N) is 7. The fourth-order valence-electron chi connectivity index (χ4n) is 4.60. The normalized spacial score (nSPS) is 25.1. The van der Waals surface area contributed by atoms with Gasteiger partial charge in [0.05, 0.1) is 23.9 Å². The van der Waals surface area contributed by atoms with Crippen molar-refractivity contribution in [3.63, 3.8) is 0 Å². The molecule has 2 aliphatic carbocycles. The van der Waals surface area contributed by atoms with Crippen LogP contribution < -0.4 is 0 Å². The van der Waals surface area contributed by atoms with Crippen LogP contribution in [0.15, 0.2) is 18.7 Å². The molecular formula is C21H25F4N7O. The van der Waals surface area contributed by atoms with Crippen molar-refractivity contribution in [1.82, 2.24) is 34.5 Å². The minimum absolute atomic E-state index is 0.0725. The Morgan fingerprint density at radius 3 is 2.45 bits per heavy atom. The average Bonchev–Trinajstić information content (AvgIpc) is 3.69. The van der Waals surface area contributed by atoms with E-state index in [-0.39, 0.29) is 37.7 Å². The van der Waals surface area contributed by atoms with E-state index >= 15 is 4.39 Å². The third kappa shape index (κ3) is 4.32. The Morgan fingerprint density at radius 1 is 1.18 bits per heavy atom. The first kappa shape index (κ1) is 22.2. The second-order valence-corrected chi connectivity index (χ2v) is 9.33. The van der Waals surface area contributed by atoms with Crippen LogP contribution in [0.2, 0.25) is 0 Å². The van der Waals surface area contributed by atoms with E-state index in [4.69, 9.17) is 0 Å². The van der Waals surface area contributed by atoms with Gasteiger partial charge in [0.25, 0.3) is 5.91 Å². The Morgan fingerprint density at radius 2 is 1.94 bits per heavy atom. The molecule has 3 heterocycles. The lowest BCUT2D eigenvalue weighted by Crippen LogP contribution is -2.56. The van der Waals surface area contributed by atoms with Crippen molar-refractivity contribution >= 4 is 5.91 Å². The molecule has 2 unspecified atom stereocenters. The minimum Gasteiger partial charge on any atom is -0.328 e. The van der Waals surface area contributed by atoms with Gasteiger partial charge in [0.1, 0.15) is 24.0 Å². The highest BCUT2D eigenvalue weighted by atomic mass is 19.4. The number of alkyl halides is 4. The van der Waals surface area contributed by atoms with Crippen LogP contribution in [0.5, 0.6) is 0 Å². The first-order valence-corrected chi connectivity index (χ1v) is 11.1. The van der Waals surface area contributed by atoms with Gasteiger partial charge < -0.3 is 4.90 Å². The Labute approximate surface area is 188 Å². The lowest BCUT2D eigenvalue weighted by molar-refractivity contribution is -0.193. The highest BCUT2D eigenvalue weighted by Crippen LogP contribution is 2.58. The van der Waals surface area contributed by atoms with Crippen molar-refractivity contribution in [2.24, 2.45) is 5.41 Å². The van der Waals surface area contributed by atoms with Crippen molar-refractivity contribution in [3.8, 4) is 5.82 Å². The number of hydrogen-bond donors (Lipinski definition) is 0. The predicted molar refractivity (Wildman–Crippen MR) is 108 cm³/mol. The molecule has 33 heavy (non-hydrogen) atoms. The zero-order valence-electron chi connectivity index (χ0n) is 18.2. The summed E-state index contributed by atoms with van der Waals surface area (Å²) in [4.78, 5) is 28.8. The van der Waals surface area contributed by atoms with E-state index in [1.165, 1.54) is 23.4 Å². The van der Waals surface area contributed by atoms with Gasteiger partial charge in [-0.3, -0.25) is 9.69 Å². The summed E-state index contributed by atoms with van der Waals surface area (Å²) >= 11 is 0. The number of aryl methyl sites for hydroxylation is 1. The summed E-state index contributed by atoms with van der Waals surface area (Å²) in [5.74, 6) is 0.571. The predicted octanol–water partition coefficient (Wildman–Crippen LogP) is 2.73. The Balaban J connectivity index is 1.27. The fourth-order valence-corrected chi connectivity index (χ4v) is 4.60. The molecule has 2 aromatic rings. The van der Waals surface area contributed by atoms with Crippen LogP contribution in [0.4, 0.5) is 17.6 Å². The Hall–Kier alpha value is -2.63. The molecule has 178 valence electrons. The van der Waals surface area contributed by atoms with Gasteiger partial charge in [0, 0.05) is 25.7 Å². The van der Waals surface area contributed by atoms with Crippen LogP contribution in [-0.2, 0) is 0 Å². The van der Waals surface area contributed by atoms with Crippen LogP contribution in [0.25, 0.3) is 5.82 Å². The van der Waals surface area contributed by atoms with E-state index in [1.54, 1.807) is 16.7 Å². The van der Waals surface area contributed by atoms with Crippen LogP contribution >= 0.6 is 0 Å². The molecule has 2 atom stereocenters. The topological polar surface area (TPSA) is 80.0 Å². The summed E-state index contributed by atoms with van der Waals surface area (Å²) in [6.45, 7) is 1.79. The zero-order chi connectivity index (χ0) is 23.4. The summed E-state index contributed by atoms with van der Waals surface area (Å²) in [6.07, 6.45) is 0.607. The largest absolute Gasteiger partial charge is 0.395 e. The number of rotatable bonds is 6. The third-order valence-corrected chi connectivity index (χ3v) is 6.80. The maximum absolute atomic E-state index is 15.2. The molecule has 0 spiro atoms. The maximum Gasteiger partial charge on any atom is 0.395 e. The summed E-state index contributed by atoms with van der Waals surface area (Å²) in [6, 6.07) is -0.751. The number of carbonyl (C=O) groups is 1. The highest BCUT2D eigenvalue weighted by molar-refractivity contribution is 5.92. The molecule has 0 N–H and O–H groups in total. The van der Waals surface area contributed by atoms with Crippen LogP contribution in [-0.4, -0.2) is 84.5 Å². The molecule has 1 amide bonds. The SMILES string of the molecule is Cc1ncn(-c2cnc(C(=O)N(C3CC3)C3CCN(CC4(C(F)(F)F)CC4)CC3F)cn2)n1. The van der Waals surface area contributed by atoms with Gasteiger partial charge in [-0.05, 0) is 39.0 Å². The molecule has 5 rings (SSSR count). The molecule has 3 fully saturated rings. The van der Waals surface area contributed by atoms with E-state index in [0.29, 0.717) is 24.6 Å². The van der Waals surface area contributed by atoms with Crippen LogP contribution in [0, 0.1) is 12.3 Å².